The minimum absolute atomic E-state index is 0.108. The highest BCUT2D eigenvalue weighted by Gasteiger charge is 2.19. The van der Waals surface area contributed by atoms with E-state index in [0.29, 0.717) is 12.2 Å². The summed E-state index contributed by atoms with van der Waals surface area (Å²) in [7, 11) is 0. The highest BCUT2D eigenvalue weighted by Crippen LogP contribution is 2.32. The fraction of sp³-hybridized carbons (Fsp3) is 0.500. The summed E-state index contributed by atoms with van der Waals surface area (Å²) < 4.78 is 0. The Hall–Kier alpha value is -1.31. The number of Topliss-reactive ketones (excluding diaryl/α,β-unsaturated/α-hetero) is 1. The zero-order valence-electron chi connectivity index (χ0n) is 10.7. The summed E-state index contributed by atoms with van der Waals surface area (Å²) in [5.41, 5.74) is 2.77. The van der Waals surface area contributed by atoms with Crippen LogP contribution in [0.2, 0.25) is 0 Å². The molecule has 0 fully saturated rings. The monoisotopic (exact) mass is 220 g/mol. The highest BCUT2D eigenvalue weighted by atomic mass is 16.3. The number of carbonyl (C=O) groups excluding carboxylic acids is 1. The van der Waals surface area contributed by atoms with E-state index in [-0.39, 0.29) is 11.2 Å². The van der Waals surface area contributed by atoms with Crippen molar-refractivity contribution in [1.82, 2.24) is 0 Å². The van der Waals surface area contributed by atoms with Crippen molar-refractivity contribution >= 4 is 5.78 Å². The van der Waals surface area contributed by atoms with Crippen LogP contribution in [0.15, 0.2) is 12.1 Å². The van der Waals surface area contributed by atoms with Gasteiger partial charge in [-0.3, -0.25) is 4.79 Å². The van der Waals surface area contributed by atoms with Crippen LogP contribution in [0.25, 0.3) is 0 Å². The fourth-order valence-corrected chi connectivity index (χ4v) is 1.80. The first kappa shape index (κ1) is 12.8. The molecule has 0 aliphatic carbocycles. The molecule has 16 heavy (non-hydrogen) atoms. The van der Waals surface area contributed by atoms with Crippen LogP contribution in [0, 0.1) is 6.92 Å². The van der Waals surface area contributed by atoms with Gasteiger partial charge in [0.15, 0.2) is 0 Å². The summed E-state index contributed by atoms with van der Waals surface area (Å²) in [6, 6.07) is 3.70. The number of phenolic OH excluding ortho intramolecular Hbond substituents is 1. The molecule has 88 valence electrons. The number of carbonyl (C=O) groups is 1. The summed E-state index contributed by atoms with van der Waals surface area (Å²) >= 11 is 0. The van der Waals surface area contributed by atoms with Crippen molar-refractivity contribution in [3.63, 3.8) is 0 Å². The lowest BCUT2D eigenvalue weighted by Crippen LogP contribution is -2.13. The largest absolute Gasteiger partial charge is 0.508 e. The molecule has 0 amide bonds. The molecule has 1 rings (SSSR count). The molecule has 0 bridgehead atoms. The summed E-state index contributed by atoms with van der Waals surface area (Å²) in [4.78, 5) is 11.1. The fourth-order valence-electron chi connectivity index (χ4n) is 1.80. The van der Waals surface area contributed by atoms with E-state index < -0.39 is 0 Å². The maximum absolute atomic E-state index is 11.1. The zero-order valence-corrected chi connectivity index (χ0v) is 10.7. The van der Waals surface area contributed by atoms with Gasteiger partial charge < -0.3 is 5.11 Å². The number of hydrogen-bond donors (Lipinski definition) is 1. The van der Waals surface area contributed by atoms with Gasteiger partial charge in [0.2, 0.25) is 0 Å². The van der Waals surface area contributed by atoms with Crippen LogP contribution < -0.4 is 0 Å². The van der Waals surface area contributed by atoms with Crippen molar-refractivity contribution < 1.29 is 9.90 Å². The van der Waals surface area contributed by atoms with Gasteiger partial charge in [-0.2, -0.15) is 0 Å². The molecule has 1 aromatic rings. The normalized spacial score (nSPS) is 11.6. The lowest BCUT2D eigenvalue weighted by atomic mass is 9.84. The van der Waals surface area contributed by atoms with Crippen LogP contribution in [-0.2, 0) is 16.6 Å². The molecular weight excluding hydrogens is 200 g/mol. The van der Waals surface area contributed by atoms with E-state index in [0.717, 1.165) is 16.7 Å². The third-order valence-corrected chi connectivity index (χ3v) is 2.70. The molecule has 0 unspecified atom stereocenters. The second kappa shape index (κ2) is 4.28. The van der Waals surface area contributed by atoms with Crippen LogP contribution in [0.4, 0.5) is 0 Å². The van der Waals surface area contributed by atoms with E-state index in [2.05, 4.69) is 20.8 Å². The van der Waals surface area contributed by atoms with Crippen molar-refractivity contribution in [2.24, 2.45) is 0 Å². The van der Waals surface area contributed by atoms with Gasteiger partial charge in [-0.15, -0.1) is 0 Å². The van der Waals surface area contributed by atoms with E-state index in [4.69, 9.17) is 0 Å². The van der Waals surface area contributed by atoms with E-state index >= 15 is 0 Å². The summed E-state index contributed by atoms with van der Waals surface area (Å²) in [5, 5.41) is 9.90. The third kappa shape index (κ3) is 2.84. The van der Waals surface area contributed by atoms with E-state index in [9.17, 15) is 9.90 Å². The molecular formula is C14H20O2. The molecule has 0 atom stereocenters. The molecule has 2 heteroatoms. The standard InChI is InChI=1S/C14H20O2/c1-9-6-13(16)12(14(3,4)5)8-11(9)7-10(2)15/h6,8,16H,7H2,1-5H3. The minimum Gasteiger partial charge on any atom is -0.508 e. The first-order valence-corrected chi connectivity index (χ1v) is 5.54. The Morgan fingerprint density at radius 2 is 1.88 bits per heavy atom. The lowest BCUT2D eigenvalue weighted by Gasteiger charge is -2.22. The quantitative estimate of drug-likeness (QED) is 0.831. The number of hydrogen-bond acceptors (Lipinski definition) is 2. The topological polar surface area (TPSA) is 37.3 Å². The van der Waals surface area contributed by atoms with E-state index in [1.54, 1.807) is 13.0 Å². The predicted molar refractivity (Wildman–Crippen MR) is 65.9 cm³/mol. The Bertz CT molecular complexity index is 411. The Morgan fingerprint density at radius 3 is 2.31 bits per heavy atom. The van der Waals surface area contributed by atoms with Gasteiger partial charge in [-0.1, -0.05) is 26.8 Å². The van der Waals surface area contributed by atoms with Crippen LogP contribution in [-0.4, -0.2) is 10.9 Å². The van der Waals surface area contributed by atoms with Gasteiger partial charge in [-0.05, 0) is 42.0 Å². The molecule has 1 N–H and O–H groups in total. The van der Waals surface area contributed by atoms with Crippen molar-refractivity contribution in [2.45, 2.75) is 46.5 Å². The number of benzene rings is 1. The first-order valence-electron chi connectivity index (χ1n) is 5.54. The smallest absolute Gasteiger partial charge is 0.134 e. The second-order valence-corrected chi connectivity index (χ2v) is 5.42. The summed E-state index contributed by atoms with van der Waals surface area (Å²) in [6.07, 6.45) is 0.440. The molecule has 0 heterocycles. The number of aryl methyl sites for hydroxylation is 1. The maximum Gasteiger partial charge on any atom is 0.134 e. The van der Waals surface area contributed by atoms with Crippen molar-refractivity contribution in [2.75, 3.05) is 0 Å². The SMILES string of the molecule is CC(=O)Cc1cc(C(C)(C)C)c(O)cc1C. The van der Waals surface area contributed by atoms with Crippen LogP contribution in [0.3, 0.4) is 0 Å². The van der Waals surface area contributed by atoms with Gasteiger partial charge in [0.1, 0.15) is 11.5 Å². The third-order valence-electron chi connectivity index (χ3n) is 2.70. The number of ketones is 1. The average Bonchev–Trinajstić information content (AvgIpc) is 2.06. The molecule has 0 aliphatic rings. The van der Waals surface area contributed by atoms with E-state index in [1.165, 1.54) is 0 Å². The average molecular weight is 220 g/mol. The zero-order chi connectivity index (χ0) is 12.5. The molecule has 0 aromatic heterocycles. The van der Waals surface area contributed by atoms with Gasteiger partial charge in [0.05, 0.1) is 0 Å². The van der Waals surface area contributed by atoms with Crippen LogP contribution in [0.5, 0.6) is 5.75 Å². The predicted octanol–water partition coefficient (Wildman–Crippen LogP) is 3.13. The summed E-state index contributed by atoms with van der Waals surface area (Å²) in [6.45, 7) is 9.66. The molecule has 0 saturated carbocycles. The Morgan fingerprint density at radius 1 is 1.31 bits per heavy atom. The maximum atomic E-state index is 11.1. The molecule has 0 radical (unpaired) electrons. The van der Waals surface area contributed by atoms with Crippen molar-refractivity contribution in [1.29, 1.82) is 0 Å². The molecule has 0 spiro atoms. The van der Waals surface area contributed by atoms with Crippen LogP contribution in [0.1, 0.15) is 44.4 Å². The minimum atomic E-state index is -0.108. The number of rotatable bonds is 2. The second-order valence-electron chi connectivity index (χ2n) is 5.42. The number of phenols is 1. The Labute approximate surface area is 97.3 Å². The van der Waals surface area contributed by atoms with Crippen LogP contribution >= 0.6 is 0 Å². The Kier molecular flexibility index (Phi) is 3.41. The molecule has 2 nitrogen and oxygen atoms in total. The van der Waals surface area contributed by atoms with Gasteiger partial charge in [-0.25, -0.2) is 0 Å². The lowest BCUT2D eigenvalue weighted by molar-refractivity contribution is -0.116. The first-order chi connectivity index (χ1) is 7.21. The number of aromatic hydroxyl groups is 1. The molecule has 0 saturated heterocycles. The van der Waals surface area contributed by atoms with Gasteiger partial charge >= 0.3 is 0 Å². The molecule has 0 aliphatic heterocycles. The highest BCUT2D eigenvalue weighted by molar-refractivity contribution is 5.78. The summed E-state index contributed by atoms with van der Waals surface area (Å²) in [5.74, 6) is 0.464. The molecule has 1 aromatic carbocycles. The van der Waals surface area contributed by atoms with Gasteiger partial charge in [0.25, 0.3) is 0 Å². The van der Waals surface area contributed by atoms with Crippen molar-refractivity contribution in [3.05, 3.63) is 28.8 Å². The Balaban J connectivity index is 3.27. The van der Waals surface area contributed by atoms with E-state index in [1.807, 2.05) is 13.0 Å². The van der Waals surface area contributed by atoms with Crippen molar-refractivity contribution in [3.8, 4) is 5.75 Å². The van der Waals surface area contributed by atoms with Gasteiger partial charge in [0, 0.05) is 6.42 Å².